The standard InChI is InChI=1S/C20H29NO2/c1-18-10-11-21-17(23)12-13(18)6-8-19(2)14-4-5-16(22)20(14,3)9-7-15(18)19/h12,14-15H,4-11H2,1-3H3,(H,21,23)/t14-,15+,18-,19-,20-/m0/s1. The van der Waals surface area contributed by atoms with Gasteiger partial charge in [0, 0.05) is 24.5 Å². The highest BCUT2D eigenvalue weighted by molar-refractivity contribution is 5.89. The van der Waals surface area contributed by atoms with E-state index in [4.69, 9.17) is 0 Å². The monoisotopic (exact) mass is 315 g/mol. The lowest BCUT2D eigenvalue weighted by Crippen LogP contribution is -2.55. The molecule has 3 fully saturated rings. The molecule has 0 radical (unpaired) electrons. The van der Waals surface area contributed by atoms with Crippen LogP contribution >= 0.6 is 0 Å². The van der Waals surface area contributed by atoms with Crippen LogP contribution in [0.4, 0.5) is 0 Å². The molecular weight excluding hydrogens is 286 g/mol. The second-order valence-electron chi connectivity index (χ2n) is 9.16. The Balaban J connectivity index is 1.77. The molecule has 0 aromatic carbocycles. The first-order valence-corrected chi connectivity index (χ1v) is 9.33. The lowest BCUT2D eigenvalue weighted by Gasteiger charge is -2.61. The Labute approximate surface area is 139 Å². The number of hydrogen-bond donors (Lipinski definition) is 1. The molecule has 0 spiro atoms. The Hall–Kier alpha value is -1.12. The fraction of sp³-hybridized carbons (Fsp3) is 0.800. The molecule has 0 saturated heterocycles. The van der Waals surface area contributed by atoms with E-state index in [9.17, 15) is 9.59 Å². The van der Waals surface area contributed by atoms with E-state index in [1.807, 2.05) is 6.08 Å². The highest BCUT2D eigenvalue weighted by atomic mass is 16.1. The van der Waals surface area contributed by atoms with Gasteiger partial charge in [-0.15, -0.1) is 0 Å². The molecule has 5 atom stereocenters. The number of ketones is 1. The summed E-state index contributed by atoms with van der Waals surface area (Å²) < 4.78 is 0. The SMILES string of the molecule is C[C@@]12CCC3=CC(=O)NCC[C@]3(C)[C@H]1CC[C@]1(C)C(=O)CC[C@@H]21. The molecule has 1 N–H and O–H groups in total. The van der Waals surface area contributed by atoms with Crippen molar-refractivity contribution in [3.05, 3.63) is 11.6 Å². The van der Waals surface area contributed by atoms with E-state index < -0.39 is 0 Å². The van der Waals surface area contributed by atoms with Crippen molar-refractivity contribution in [3.8, 4) is 0 Å². The number of Topliss-reactive ketones (excluding diaryl/α,β-unsaturated/α-hetero) is 1. The van der Waals surface area contributed by atoms with Crippen molar-refractivity contribution in [1.82, 2.24) is 5.32 Å². The number of carbonyl (C=O) groups is 2. The molecule has 4 rings (SSSR count). The molecule has 126 valence electrons. The maximum atomic E-state index is 12.5. The lowest BCUT2D eigenvalue weighted by atomic mass is 9.42. The molecule has 1 amide bonds. The van der Waals surface area contributed by atoms with E-state index in [1.165, 1.54) is 5.57 Å². The summed E-state index contributed by atoms with van der Waals surface area (Å²) in [6.07, 6.45) is 9.13. The fourth-order valence-corrected chi connectivity index (χ4v) is 7.00. The molecule has 0 unspecified atom stereocenters. The topological polar surface area (TPSA) is 46.2 Å². The number of allylic oxidation sites excluding steroid dienone is 1. The van der Waals surface area contributed by atoms with E-state index in [0.717, 1.165) is 51.5 Å². The van der Waals surface area contributed by atoms with Crippen molar-refractivity contribution in [2.45, 2.75) is 65.7 Å². The molecule has 4 aliphatic rings. The van der Waals surface area contributed by atoms with Crippen LogP contribution in [0.1, 0.15) is 65.7 Å². The summed E-state index contributed by atoms with van der Waals surface area (Å²) in [5.41, 5.74) is 1.65. The Bertz CT molecular complexity index is 609. The van der Waals surface area contributed by atoms with Gasteiger partial charge in [0.2, 0.25) is 5.91 Å². The molecular formula is C20H29NO2. The maximum Gasteiger partial charge on any atom is 0.243 e. The number of amides is 1. The van der Waals surface area contributed by atoms with Gasteiger partial charge in [0.15, 0.2) is 0 Å². The van der Waals surface area contributed by atoms with Crippen LogP contribution in [0.25, 0.3) is 0 Å². The molecule has 0 bridgehead atoms. The molecule has 3 aliphatic carbocycles. The summed E-state index contributed by atoms with van der Waals surface area (Å²) in [7, 11) is 0. The summed E-state index contributed by atoms with van der Waals surface area (Å²) >= 11 is 0. The van der Waals surface area contributed by atoms with Crippen LogP contribution in [-0.4, -0.2) is 18.2 Å². The van der Waals surface area contributed by atoms with Crippen molar-refractivity contribution in [2.24, 2.45) is 28.1 Å². The molecule has 0 aromatic rings. The zero-order valence-electron chi connectivity index (χ0n) is 14.7. The highest BCUT2D eigenvalue weighted by Gasteiger charge is 2.63. The Kier molecular flexibility index (Phi) is 3.15. The molecule has 1 aliphatic heterocycles. The predicted octanol–water partition coefficient (Wildman–Crippen LogP) is 3.63. The summed E-state index contributed by atoms with van der Waals surface area (Å²) in [5.74, 6) is 1.73. The van der Waals surface area contributed by atoms with Crippen molar-refractivity contribution in [1.29, 1.82) is 0 Å². The Morgan fingerprint density at radius 2 is 1.70 bits per heavy atom. The van der Waals surface area contributed by atoms with Gasteiger partial charge < -0.3 is 5.32 Å². The van der Waals surface area contributed by atoms with Gasteiger partial charge in [-0.05, 0) is 61.2 Å². The van der Waals surface area contributed by atoms with Crippen LogP contribution in [0.5, 0.6) is 0 Å². The van der Waals surface area contributed by atoms with Crippen LogP contribution in [0.15, 0.2) is 11.6 Å². The van der Waals surface area contributed by atoms with Crippen LogP contribution < -0.4 is 5.32 Å². The van der Waals surface area contributed by atoms with Gasteiger partial charge >= 0.3 is 0 Å². The Morgan fingerprint density at radius 1 is 0.957 bits per heavy atom. The molecule has 23 heavy (non-hydrogen) atoms. The zero-order valence-corrected chi connectivity index (χ0v) is 14.7. The third-order valence-electron chi connectivity index (χ3n) is 8.30. The third-order valence-corrected chi connectivity index (χ3v) is 8.30. The second-order valence-corrected chi connectivity index (χ2v) is 9.16. The van der Waals surface area contributed by atoms with Crippen molar-refractivity contribution in [3.63, 3.8) is 0 Å². The van der Waals surface area contributed by atoms with E-state index in [0.29, 0.717) is 17.6 Å². The third kappa shape index (κ3) is 1.88. The summed E-state index contributed by atoms with van der Waals surface area (Å²) in [6, 6.07) is 0. The first kappa shape index (κ1) is 15.4. The van der Waals surface area contributed by atoms with Crippen molar-refractivity contribution in [2.75, 3.05) is 6.54 Å². The average molecular weight is 315 g/mol. The van der Waals surface area contributed by atoms with Crippen LogP contribution in [0, 0.1) is 28.1 Å². The number of fused-ring (bicyclic) bond motifs is 5. The van der Waals surface area contributed by atoms with Crippen LogP contribution in [-0.2, 0) is 9.59 Å². The van der Waals surface area contributed by atoms with E-state index >= 15 is 0 Å². The second kappa shape index (κ2) is 4.70. The normalized spacial score (nSPS) is 49.4. The summed E-state index contributed by atoms with van der Waals surface area (Å²) in [4.78, 5) is 24.5. The average Bonchev–Trinajstić information content (AvgIpc) is 2.70. The van der Waals surface area contributed by atoms with Gasteiger partial charge in [-0.25, -0.2) is 0 Å². The van der Waals surface area contributed by atoms with Gasteiger partial charge in [0.1, 0.15) is 5.78 Å². The molecule has 1 heterocycles. The van der Waals surface area contributed by atoms with Crippen molar-refractivity contribution < 1.29 is 9.59 Å². The summed E-state index contributed by atoms with van der Waals surface area (Å²) in [5, 5.41) is 3.03. The van der Waals surface area contributed by atoms with Gasteiger partial charge in [0.25, 0.3) is 0 Å². The minimum absolute atomic E-state index is 0.0817. The first-order valence-electron chi connectivity index (χ1n) is 9.33. The number of carbonyl (C=O) groups excluding carboxylic acids is 2. The quantitative estimate of drug-likeness (QED) is 0.742. The summed E-state index contributed by atoms with van der Waals surface area (Å²) in [6.45, 7) is 7.87. The molecule has 3 saturated carbocycles. The lowest BCUT2D eigenvalue weighted by molar-refractivity contribution is -0.141. The van der Waals surface area contributed by atoms with Crippen LogP contribution in [0.3, 0.4) is 0 Å². The minimum Gasteiger partial charge on any atom is -0.353 e. The minimum atomic E-state index is -0.0817. The molecule has 3 heteroatoms. The van der Waals surface area contributed by atoms with Gasteiger partial charge in [0.05, 0.1) is 0 Å². The Morgan fingerprint density at radius 3 is 2.48 bits per heavy atom. The van der Waals surface area contributed by atoms with Crippen molar-refractivity contribution >= 4 is 11.7 Å². The van der Waals surface area contributed by atoms with Gasteiger partial charge in [-0.2, -0.15) is 0 Å². The smallest absolute Gasteiger partial charge is 0.243 e. The van der Waals surface area contributed by atoms with Crippen LogP contribution in [0.2, 0.25) is 0 Å². The number of hydrogen-bond acceptors (Lipinski definition) is 2. The van der Waals surface area contributed by atoms with E-state index in [-0.39, 0.29) is 22.2 Å². The van der Waals surface area contributed by atoms with Gasteiger partial charge in [-0.3, -0.25) is 9.59 Å². The fourth-order valence-electron chi connectivity index (χ4n) is 7.00. The number of nitrogens with one attached hydrogen (secondary N) is 1. The maximum absolute atomic E-state index is 12.5. The first-order chi connectivity index (χ1) is 10.8. The molecule has 0 aromatic heterocycles. The predicted molar refractivity (Wildman–Crippen MR) is 89.7 cm³/mol. The number of rotatable bonds is 0. The van der Waals surface area contributed by atoms with Gasteiger partial charge in [-0.1, -0.05) is 26.3 Å². The van der Waals surface area contributed by atoms with E-state index in [1.54, 1.807) is 0 Å². The van der Waals surface area contributed by atoms with E-state index in [2.05, 4.69) is 26.1 Å². The molecule has 3 nitrogen and oxygen atoms in total. The highest BCUT2D eigenvalue weighted by Crippen LogP contribution is 2.69. The largest absolute Gasteiger partial charge is 0.353 e. The zero-order chi connectivity index (χ0) is 16.5.